The van der Waals surface area contributed by atoms with Gasteiger partial charge in [-0.2, -0.15) is 0 Å². The summed E-state index contributed by atoms with van der Waals surface area (Å²) in [6.07, 6.45) is 0. The molecular formula is C16H12Br2N2O6. The van der Waals surface area contributed by atoms with E-state index in [0.717, 1.165) is 5.52 Å². The molecule has 0 aromatic carbocycles. The number of aromatic carboxylic acids is 1. The molecule has 10 heteroatoms. The van der Waals surface area contributed by atoms with Crippen LogP contribution in [0.4, 0.5) is 0 Å². The SMILES string of the molecule is CCOC(=O)c1cc2oc(Br)cc2[nH]1.O=C(O)c1cc2oc(Br)cc2[nH]1. The molecule has 4 heterocycles. The number of carboxylic acids is 1. The average molecular weight is 488 g/mol. The van der Waals surface area contributed by atoms with Crippen molar-refractivity contribution in [3.05, 3.63) is 45.0 Å². The molecule has 8 nitrogen and oxygen atoms in total. The fourth-order valence-corrected chi connectivity index (χ4v) is 3.02. The summed E-state index contributed by atoms with van der Waals surface area (Å²) >= 11 is 6.32. The first kappa shape index (κ1) is 18.3. The van der Waals surface area contributed by atoms with Crippen LogP contribution in [-0.2, 0) is 4.74 Å². The third-order valence-corrected chi connectivity index (χ3v) is 4.06. The Hall–Kier alpha value is -2.46. The van der Waals surface area contributed by atoms with Crippen molar-refractivity contribution in [2.24, 2.45) is 0 Å². The van der Waals surface area contributed by atoms with Gasteiger partial charge in [0.2, 0.25) is 0 Å². The van der Waals surface area contributed by atoms with E-state index in [1.54, 1.807) is 25.1 Å². The lowest BCUT2D eigenvalue weighted by Gasteiger charge is -1.96. The molecule has 0 amide bonds. The Balaban J connectivity index is 0.000000152. The molecule has 0 saturated heterocycles. The Morgan fingerprint density at radius 1 is 1.00 bits per heavy atom. The number of carbonyl (C=O) groups excluding carboxylic acids is 1. The average Bonchev–Trinajstić information content (AvgIpc) is 3.26. The number of carbonyl (C=O) groups is 2. The number of aromatic amines is 2. The van der Waals surface area contributed by atoms with Crippen LogP contribution < -0.4 is 0 Å². The number of H-pyrrole nitrogens is 2. The number of hydrogen-bond acceptors (Lipinski definition) is 5. The molecule has 0 unspecified atom stereocenters. The maximum Gasteiger partial charge on any atom is 0.354 e. The zero-order valence-electron chi connectivity index (χ0n) is 13.3. The molecule has 0 aliphatic rings. The highest BCUT2D eigenvalue weighted by atomic mass is 79.9. The minimum Gasteiger partial charge on any atom is -0.477 e. The maximum atomic E-state index is 11.3. The topological polar surface area (TPSA) is 121 Å². The van der Waals surface area contributed by atoms with Crippen molar-refractivity contribution >= 4 is 66.0 Å². The van der Waals surface area contributed by atoms with Crippen LogP contribution in [0.2, 0.25) is 0 Å². The summed E-state index contributed by atoms with van der Waals surface area (Å²) in [6, 6.07) is 6.51. The van der Waals surface area contributed by atoms with Gasteiger partial charge in [-0.1, -0.05) is 0 Å². The number of rotatable bonds is 3. The first-order valence-electron chi connectivity index (χ1n) is 7.34. The van der Waals surface area contributed by atoms with Crippen LogP contribution in [-0.4, -0.2) is 33.6 Å². The lowest BCUT2D eigenvalue weighted by molar-refractivity contribution is 0.0520. The van der Waals surface area contributed by atoms with Crippen LogP contribution in [0.1, 0.15) is 27.9 Å². The van der Waals surface area contributed by atoms with E-state index in [0.29, 0.717) is 38.3 Å². The molecule has 0 saturated carbocycles. The largest absolute Gasteiger partial charge is 0.477 e. The zero-order chi connectivity index (χ0) is 18.8. The quantitative estimate of drug-likeness (QED) is 0.352. The van der Waals surface area contributed by atoms with Crippen LogP contribution in [0.15, 0.2) is 42.4 Å². The summed E-state index contributed by atoms with van der Waals surface area (Å²) in [4.78, 5) is 27.4. The van der Waals surface area contributed by atoms with Gasteiger partial charge in [-0.05, 0) is 38.8 Å². The van der Waals surface area contributed by atoms with Gasteiger partial charge >= 0.3 is 11.9 Å². The van der Waals surface area contributed by atoms with Crippen LogP contribution in [0.3, 0.4) is 0 Å². The first-order chi connectivity index (χ1) is 12.4. The zero-order valence-corrected chi connectivity index (χ0v) is 16.4. The highest BCUT2D eigenvalue weighted by molar-refractivity contribution is 9.10. The molecule has 0 aliphatic heterocycles. The molecule has 4 aromatic heterocycles. The molecule has 0 spiro atoms. The Bertz CT molecular complexity index is 1020. The van der Waals surface area contributed by atoms with E-state index in [4.69, 9.17) is 18.7 Å². The normalized spacial score (nSPS) is 10.7. The molecular weight excluding hydrogens is 476 g/mol. The van der Waals surface area contributed by atoms with Gasteiger partial charge in [0, 0.05) is 24.3 Å². The van der Waals surface area contributed by atoms with Gasteiger partial charge in [-0.3, -0.25) is 0 Å². The number of halogens is 2. The van der Waals surface area contributed by atoms with E-state index in [1.807, 2.05) is 0 Å². The number of nitrogens with one attached hydrogen (secondary N) is 2. The monoisotopic (exact) mass is 486 g/mol. The van der Waals surface area contributed by atoms with Crippen LogP contribution in [0, 0.1) is 0 Å². The second-order valence-electron chi connectivity index (χ2n) is 5.05. The molecule has 136 valence electrons. The predicted octanol–water partition coefficient (Wildman–Crippen LogP) is 4.92. The number of furan rings is 2. The number of fused-ring (bicyclic) bond motifs is 2. The minimum absolute atomic E-state index is 0.135. The van der Waals surface area contributed by atoms with E-state index in [-0.39, 0.29) is 11.7 Å². The van der Waals surface area contributed by atoms with E-state index < -0.39 is 5.97 Å². The number of carboxylic acid groups (broad SMARTS) is 1. The summed E-state index contributed by atoms with van der Waals surface area (Å²) in [6.45, 7) is 2.13. The van der Waals surface area contributed by atoms with Crippen LogP contribution >= 0.6 is 31.9 Å². The standard InChI is InChI=1S/C9H8BrNO3.C7H4BrNO3/c1-2-13-9(12)6-3-7-5(11-6)4-8(10)14-7;8-6-2-3-5(12-6)1-4(9-3)7(10)11/h3-4,11H,2H2,1H3;1-2,9H,(H,10,11). The third kappa shape index (κ3) is 3.86. The molecule has 0 aliphatic carbocycles. The highest BCUT2D eigenvalue weighted by Crippen LogP contribution is 2.24. The van der Waals surface area contributed by atoms with Gasteiger partial charge in [0.05, 0.1) is 17.6 Å². The highest BCUT2D eigenvalue weighted by Gasteiger charge is 2.13. The van der Waals surface area contributed by atoms with Crippen molar-refractivity contribution in [2.75, 3.05) is 6.61 Å². The van der Waals surface area contributed by atoms with Gasteiger partial charge in [-0.25, -0.2) is 9.59 Å². The second-order valence-corrected chi connectivity index (χ2v) is 6.61. The molecule has 0 atom stereocenters. The van der Waals surface area contributed by atoms with Crippen LogP contribution in [0.5, 0.6) is 0 Å². The summed E-state index contributed by atoms with van der Waals surface area (Å²) in [5.74, 6) is -1.35. The second kappa shape index (κ2) is 7.42. The maximum absolute atomic E-state index is 11.3. The van der Waals surface area contributed by atoms with E-state index in [1.165, 1.54) is 6.07 Å². The molecule has 4 aromatic rings. The number of hydrogen-bond donors (Lipinski definition) is 3. The van der Waals surface area contributed by atoms with Crippen molar-refractivity contribution in [1.82, 2.24) is 9.97 Å². The summed E-state index contributed by atoms with van der Waals surface area (Å²) < 4.78 is 16.4. The van der Waals surface area contributed by atoms with E-state index in [2.05, 4.69) is 41.8 Å². The van der Waals surface area contributed by atoms with Crippen molar-refractivity contribution in [3.63, 3.8) is 0 Å². The predicted molar refractivity (Wildman–Crippen MR) is 99.4 cm³/mol. The molecule has 0 radical (unpaired) electrons. The lowest BCUT2D eigenvalue weighted by atomic mass is 10.4. The summed E-state index contributed by atoms with van der Waals surface area (Å²) in [7, 11) is 0. The fourth-order valence-electron chi connectivity index (χ4n) is 2.22. The Labute approximate surface area is 162 Å². The third-order valence-electron chi connectivity index (χ3n) is 3.28. The molecule has 4 rings (SSSR count). The van der Waals surface area contributed by atoms with Gasteiger partial charge in [0.15, 0.2) is 20.5 Å². The van der Waals surface area contributed by atoms with Gasteiger partial charge in [-0.15, -0.1) is 0 Å². The smallest absolute Gasteiger partial charge is 0.354 e. The van der Waals surface area contributed by atoms with E-state index >= 15 is 0 Å². The first-order valence-corrected chi connectivity index (χ1v) is 8.92. The van der Waals surface area contributed by atoms with Crippen molar-refractivity contribution in [3.8, 4) is 0 Å². The lowest BCUT2D eigenvalue weighted by Crippen LogP contribution is -2.04. The van der Waals surface area contributed by atoms with Crippen LogP contribution in [0.25, 0.3) is 22.2 Å². The van der Waals surface area contributed by atoms with Gasteiger partial charge in [0.25, 0.3) is 0 Å². The molecule has 3 N–H and O–H groups in total. The Morgan fingerprint density at radius 3 is 1.96 bits per heavy atom. The minimum atomic E-state index is -0.988. The van der Waals surface area contributed by atoms with Gasteiger partial charge < -0.3 is 28.6 Å². The number of ether oxygens (including phenoxy) is 1. The van der Waals surface area contributed by atoms with Crippen molar-refractivity contribution in [1.29, 1.82) is 0 Å². The number of esters is 1. The van der Waals surface area contributed by atoms with E-state index in [9.17, 15) is 9.59 Å². The fraction of sp³-hybridized carbons (Fsp3) is 0.125. The van der Waals surface area contributed by atoms with Crippen molar-refractivity contribution in [2.45, 2.75) is 6.92 Å². The Kier molecular flexibility index (Phi) is 5.23. The summed E-state index contributed by atoms with van der Waals surface area (Å²) in [5, 5.41) is 8.59. The molecule has 0 fully saturated rings. The molecule has 26 heavy (non-hydrogen) atoms. The van der Waals surface area contributed by atoms with Gasteiger partial charge in [0.1, 0.15) is 11.4 Å². The molecule has 0 bridgehead atoms. The summed E-state index contributed by atoms with van der Waals surface area (Å²) in [5.41, 5.74) is 3.18. The number of aromatic nitrogens is 2. The Morgan fingerprint density at radius 2 is 1.50 bits per heavy atom. The van der Waals surface area contributed by atoms with Crippen molar-refractivity contribution < 1.29 is 28.3 Å².